The predicted molar refractivity (Wildman–Crippen MR) is 159 cm³/mol. The molecule has 0 radical (unpaired) electrons. The summed E-state index contributed by atoms with van der Waals surface area (Å²) in [5.41, 5.74) is 3.53. The first-order valence-corrected chi connectivity index (χ1v) is 14.0. The summed E-state index contributed by atoms with van der Waals surface area (Å²) in [7, 11) is 0. The van der Waals surface area contributed by atoms with Gasteiger partial charge in [0.2, 0.25) is 0 Å². The van der Waals surface area contributed by atoms with E-state index in [1.165, 1.54) is 34.4 Å². The van der Waals surface area contributed by atoms with E-state index in [4.69, 9.17) is 22.1 Å². The van der Waals surface area contributed by atoms with E-state index >= 15 is 0 Å². The van der Waals surface area contributed by atoms with Crippen molar-refractivity contribution in [2.75, 3.05) is 13.2 Å². The average molecular weight is 638 g/mol. The number of pyridine rings is 1. The molecule has 0 saturated heterocycles. The van der Waals surface area contributed by atoms with Gasteiger partial charge in [0.05, 0.1) is 56.5 Å². The molecule has 222 valence electrons. The van der Waals surface area contributed by atoms with Gasteiger partial charge in [0.25, 0.3) is 5.56 Å². The summed E-state index contributed by atoms with van der Waals surface area (Å²) in [4.78, 5) is 33.6. The van der Waals surface area contributed by atoms with E-state index in [9.17, 15) is 33.1 Å². The molecule has 0 unspecified atom stereocenters. The number of carboxylic acids is 1. The van der Waals surface area contributed by atoms with Gasteiger partial charge >= 0.3 is 12.1 Å². The molecule has 3 aromatic heterocycles. The molecule has 9 nitrogen and oxygen atoms in total. The van der Waals surface area contributed by atoms with E-state index in [1.807, 2.05) is 0 Å². The molecule has 3 heterocycles. The molecule has 2 aromatic carbocycles. The number of carboxylic acid groups (broad SMARTS) is 1. The van der Waals surface area contributed by atoms with Crippen molar-refractivity contribution in [1.29, 1.82) is 5.26 Å². The third-order valence-electron chi connectivity index (χ3n) is 6.66. The van der Waals surface area contributed by atoms with Crippen LogP contribution in [-0.2, 0) is 12.7 Å². The van der Waals surface area contributed by atoms with E-state index < -0.39 is 34.4 Å². The highest BCUT2D eigenvalue weighted by Gasteiger charge is 2.36. The molecule has 44 heavy (non-hydrogen) atoms. The van der Waals surface area contributed by atoms with Gasteiger partial charge in [0.1, 0.15) is 24.3 Å². The second kappa shape index (κ2) is 12.0. The number of nitriles is 1. The molecule has 5 rings (SSSR count). The number of nitrogens with zero attached hydrogens (tertiary/aromatic N) is 4. The lowest BCUT2D eigenvalue weighted by molar-refractivity contribution is -0.137. The number of aromatic nitrogens is 3. The van der Waals surface area contributed by atoms with Crippen LogP contribution in [0.25, 0.3) is 32.2 Å². The smallest absolute Gasteiger partial charge is 0.417 e. The average Bonchev–Trinajstić information content (AvgIpc) is 3.42. The summed E-state index contributed by atoms with van der Waals surface area (Å²) in [5.74, 6) is 4.00. The molecule has 3 N–H and O–H groups in total. The second-order valence-corrected chi connectivity index (χ2v) is 10.6. The fourth-order valence-corrected chi connectivity index (χ4v) is 5.94. The topological polar surface area (TPSA) is 144 Å². The lowest BCUT2D eigenvalue weighted by Gasteiger charge is -2.17. The number of fused-ring (bicyclic) bond motifs is 2. The third-order valence-corrected chi connectivity index (χ3v) is 7.90. The first kappa shape index (κ1) is 30.5. The van der Waals surface area contributed by atoms with E-state index in [0.29, 0.717) is 38.2 Å². The molecule has 0 aliphatic carbocycles. The number of aromatic carboxylic acids is 1. The van der Waals surface area contributed by atoms with Crippen LogP contribution in [0.5, 0.6) is 5.75 Å². The molecule has 0 fully saturated rings. The number of nitrogens with two attached hydrogens (primary N) is 1. The van der Waals surface area contributed by atoms with Crippen LogP contribution in [0.3, 0.4) is 0 Å². The minimum atomic E-state index is -4.86. The number of hydrogen-bond acceptors (Lipinski definition) is 8. The van der Waals surface area contributed by atoms with E-state index in [0.717, 1.165) is 0 Å². The summed E-state index contributed by atoms with van der Waals surface area (Å²) in [5, 5.41) is 20.9. The van der Waals surface area contributed by atoms with Gasteiger partial charge < -0.3 is 15.6 Å². The zero-order valence-corrected chi connectivity index (χ0v) is 24.2. The fourth-order valence-electron chi connectivity index (χ4n) is 4.74. The maximum absolute atomic E-state index is 13.9. The Labute approximate surface area is 255 Å². The van der Waals surface area contributed by atoms with Crippen molar-refractivity contribution in [2.24, 2.45) is 5.73 Å². The number of hydrogen-bond donors (Lipinski definition) is 2. The van der Waals surface area contributed by atoms with Crippen LogP contribution in [0.1, 0.15) is 32.9 Å². The Bertz CT molecular complexity index is 2140. The van der Waals surface area contributed by atoms with Gasteiger partial charge in [-0.25, -0.2) is 9.78 Å². The van der Waals surface area contributed by atoms with Crippen LogP contribution in [0.4, 0.5) is 13.2 Å². The number of alkyl halides is 3. The maximum Gasteiger partial charge on any atom is 0.417 e. The standard InChI is InChI=1S/C30H19ClF3N5O4S/c1-15-38-23-12-22(30(32,33)34)17(3-2-7-35)20(13-36)25(23)28(40)39(15)9-10-43-24-5-4-16(31)11-19(24)18-6-8-37-26-21(29(41)42)14-44-27(18)26/h4-6,8,11-12,14H,7,9-10,35H2,1H3,(H,41,42). The van der Waals surface area contributed by atoms with E-state index in [1.54, 1.807) is 30.3 Å². The highest BCUT2D eigenvalue weighted by molar-refractivity contribution is 7.18. The van der Waals surface area contributed by atoms with Crippen molar-refractivity contribution in [1.82, 2.24) is 14.5 Å². The van der Waals surface area contributed by atoms with E-state index in [2.05, 4.69) is 21.8 Å². The van der Waals surface area contributed by atoms with Crippen LogP contribution in [0, 0.1) is 30.1 Å². The van der Waals surface area contributed by atoms with Gasteiger partial charge in [-0.1, -0.05) is 23.4 Å². The Balaban J connectivity index is 1.54. The van der Waals surface area contributed by atoms with Crippen molar-refractivity contribution in [3.05, 3.63) is 85.4 Å². The normalized spacial score (nSPS) is 11.3. The molecule has 14 heteroatoms. The minimum absolute atomic E-state index is 0.0614. The van der Waals surface area contributed by atoms with Crippen molar-refractivity contribution in [3.63, 3.8) is 0 Å². The van der Waals surface area contributed by atoms with E-state index in [-0.39, 0.29) is 42.0 Å². The summed E-state index contributed by atoms with van der Waals surface area (Å²) in [6.45, 7) is 1.06. The van der Waals surface area contributed by atoms with Crippen molar-refractivity contribution in [2.45, 2.75) is 19.6 Å². The number of carbonyl (C=O) groups is 1. The third kappa shape index (κ3) is 5.56. The van der Waals surface area contributed by atoms with Gasteiger partial charge in [-0.15, -0.1) is 11.3 Å². The van der Waals surface area contributed by atoms with Gasteiger partial charge in [0, 0.05) is 27.7 Å². The number of thiophene rings is 1. The molecule has 0 saturated carbocycles. The van der Waals surface area contributed by atoms with Crippen molar-refractivity contribution in [3.8, 4) is 34.8 Å². The Morgan fingerprint density at radius 2 is 2.00 bits per heavy atom. The highest BCUT2D eigenvalue weighted by Crippen LogP contribution is 2.40. The first-order valence-electron chi connectivity index (χ1n) is 12.7. The van der Waals surface area contributed by atoms with Gasteiger partial charge in [-0.2, -0.15) is 18.4 Å². The summed E-state index contributed by atoms with van der Waals surface area (Å²) >= 11 is 7.49. The number of rotatable bonds is 6. The van der Waals surface area contributed by atoms with Crippen molar-refractivity contribution >= 4 is 50.0 Å². The van der Waals surface area contributed by atoms with Crippen LogP contribution in [-0.4, -0.2) is 38.8 Å². The lowest BCUT2D eigenvalue weighted by Crippen LogP contribution is -2.28. The Morgan fingerprint density at radius 3 is 2.68 bits per heavy atom. The number of ether oxygens (including phenoxy) is 1. The molecule has 0 atom stereocenters. The molecule has 5 aromatic rings. The number of halogens is 4. The van der Waals surface area contributed by atoms with Crippen LogP contribution < -0.4 is 16.0 Å². The Morgan fingerprint density at radius 1 is 1.23 bits per heavy atom. The Kier molecular flexibility index (Phi) is 8.30. The van der Waals surface area contributed by atoms with Gasteiger partial charge in [-0.05, 0) is 37.3 Å². The van der Waals surface area contributed by atoms with Crippen molar-refractivity contribution < 1.29 is 27.8 Å². The molecule has 0 amide bonds. The van der Waals surface area contributed by atoms with Gasteiger partial charge in [-0.3, -0.25) is 14.3 Å². The molecule has 0 bridgehead atoms. The largest absolute Gasteiger partial charge is 0.491 e. The second-order valence-electron chi connectivity index (χ2n) is 9.28. The molecular weight excluding hydrogens is 619 g/mol. The quantitative estimate of drug-likeness (QED) is 0.229. The monoisotopic (exact) mass is 637 g/mol. The molecule has 0 aliphatic heterocycles. The SMILES string of the molecule is Cc1nc2cc(C(F)(F)F)c(C#CCN)c(C#N)c2c(=O)n1CCOc1ccc(Cl)cc1-c1ccnc2c(C(=O)O)csc12. The van der Waals surface area contributed by atoms with Crippen LogP contribution in [0.15, 0.2) is 46.7 Å². The summed E-state index contributed by atoms with van der Waals surface area (Å²) in [6, 6.07) is 9.00. The van der Waals surface area contributed by atoms with Crippen LogP contribution >= 0.6 is 22.9 Å². The van der Waals surface area contributed by atoms with Gasteiger partial charge in [0.15, 0.2) is 0 Å². The molecular formula is C30H19ClF3N5O4S. The minimum Gasteiger partial charge on any atom is -0.491 e. The molecule has 0 spiro atoms. The first-order chi connectivity index (χ1) is 21.0. The fraction of sp³-hybridized carbons (Fsp3) is 0.167. The predicted octanol–water partition coefficient (Wildman–Crippen LogP) is 5.61. The number of aryl methyl sites for hydroxylation is 1. The number of benzene rings is 2. The van der Waals surface area contributed by atoms with Crippen LogP contribution in [0.2, 0.25) is 5.02 Å². The molecule has 0 aliphatic rings. The Hall–Kier alpha value is -4.95. The zero-order valence-electron chi connectivity index (χ0n) is 22.6. The highest BCUT2D eigenvalue weighted by atomic mass is 35.5. The maximum atomic E-state index is 13.9. The zero-order chi connectivity index (χ0) is 31.8. The summed E-state index contributed by atoms with van der Waals surface area (Å²) in [6.07, 6.45) is -3.38. The lowest BCUT2D eigenvalue weighted by atomic mass is 9.97. The summed E-state index contributed by atoms with van der Waals surface area (Å²) < 4.78 is 49.4.